The topological polar surface area (TPSA) is 33.7 Å². The van der Waals surface area contributed by atoms with Crippen LogP contribution in [0.25, 0.3) is 0 Å². The third-order valence-electron chi connectivity index (χ3n) is 3.99. The van der Waals surface area contributed by atoms with E-state index in [2.05, 4.69) is 29.4 Å². The molecule has 4 nitrogen and oxygen atoms in total. The van der Waals surface area contributed by atoms with Crippen LogP contribution in [0.1, 0.15) is 24.8 Å². The second-order valence-electron chi connectivity index (χ2n) is 5.50. The van der Waals surface area contributed by atoms with Crippen molar-refractivity contribution in [3.8, 4) is 11.5 Å². The Hall–Kier alpha value is -1.26. The zero-order valence-corrected chi connectivity index (χ0v) is 12.8. The van der Waals surface area contributed by atoms with Gasteiger partial charge in [-0.05, 0) is 57.1 Å². The molecule has 1 aromatic carbocycles. The molecule has 1 N–H and O–H groups in total. The first-order valence-corrected chi connectivity index (χ1v) is 7.35. The fraction of sp³-hybridized carbons (Fsp3) is 0.625. The first kappa shape index (κ1) is 15.1. The van der Waals surface area contributed by atoms with E-state index in [9.17, 15) is 0 Å². The van der Waals surface area contributed by atoms with Crippen molar-refractivity contribution >= 4 is 0 Å². The molecular formula is C16H26N2O2. The summed E-state index contributed by atoms with van der Waals surface area (Å²) in [6, 6.07) is 6.73. The number of benzene rings is 1. The van der Waals surface area contributed by atoms with Gasteiger partial charge in [0.25, 0.3) is 0 Å². The molecule has 0 spiro atoms. The minimum Gasteiger partial charge on any atom is -0.493 e. The predicted octanol–water partition coefficient (Wildman–Crippen LogP) is 2.28. The van der Waals surface area contributed by atoms with Gasteiger partial charge in [-0.2, -0.15) is 0 Å². The first-order valence-electron chi connectivity index (χ1n) is 7.35. The minimum atomic E-state index is 0.619. The molecule has 0 amide bonds. The molecule has 1 aromatic rings. The van der Waals surface area contributed by atoms with E-state index in [-0.39, 0.29) is 0 Å². The van der Waals surface area contributed by atoms with Gasteiger partial charge in [-0.25, -0.2) is 0 Å². The Balaban J connectivity index is 1.90. The average Bonchev–Trinajstić information content (AvgIpc) is 2.69. The Morgan fingerprint density at radius 2 is 1.95 bits per heavy atom. The second kappa shape index (κ2) is 7.50. The normalized spacial score (nSPS) is 20.4. The molecule has 0 saturated carbocycles. The molecule has 112 valence electrons. The molecule has 0 aliphatic carbocycles. The maximum Gasteiger partial charge on any atom is 0.161 e. The van der Waals surface area contributed by atoms with E-state index in [0.29, 0.717) is 6.04 Å². The third-order valence-corrected chi connectivity index (χ3v) is 3.99. The summed E-state index contributed by atoms with van der Waals surface area (Å²) >= 11 is 0. The Morgan fingerprint density at radius 1 is 1.15 bits per heavy atom. The lowest BCUT2D eigenvalue weighted by Crippen LogP contribution is -2.29. The summed E-state index contributed by atoms with van der Waals surface area (Å²) in [5, 5.41) is 3.66. The quantitative estimate of drug-likeness (QED) is 0.896. The molecule has 0 aromatic heterocycles. The van der Waals surface area contributed by atoms with Crippen LogP contribution in [-0.4, -0.2) is 45.3 Å². The number of methoxy groups -OCH3 is 2. The molecule has 1 aliphatic heterocycles. The summed E-state index contributed by atoms with van der Waals surface area (Å²) in [5.41, 5.74) is 1.24. The molecule has 1 aliphatic rings. The Bertz CT molecular complexity index is 423. The molecule has 1 unspecified atom stereocenters. The Kier molecular flexibility index (Phi) is 5.68. The van der Waals surface area contributed by atoms with Gasteiger partial charge in [-0.15, -0.1) is 0 Å². The van der Waals surface area contributed by atoms with Crippen molar-refractivity contribution in [3.63, 3.8) is 0 Å². The van der Waals surface area contributed by atoms with Crippen molar-refractivity contribution in [1.29, 1.82) is 0 Å². The van der Waals surface area contributed by atoms with Crippen LogP contribution in [0.4, 0.5) is 0 Å². The third kappa shape index (κ3) is 4.12. The molecule has 1 fully saturated rings. The van der Waals surface area contributed by atoms with Crippen molar-refractivity contribution in [2.45, 2.75) is 31.8 Å². The summed E-state index contributed by atoms with van der Waals surface area (Å²) < 4.78 is 10.6. The zero-order valence-electron chi connectivity index (χ0n) is 12.8. The van der Waals surface area contributed by atoms with E-state index in [1.54, 1.807) is 14.2 Å². The fourth-order valence-corrected chi connectivity index (χ4v) is 2.70. The van der Waals surface area contributed by atoms with Crippen LogP contribution >= 0.6 is 0 Å². The van der Waals surface area contributed by atoms with E-state index in [0.717, 1.165) is 18.0 Å². The number of hydrogen-bond acceptors (Lipinski definition) is 4. The Labute approximate surface area is 122 Å². The number of likely N-dealkylation sites (tertiary alicyclic amines) is 1. The van der Waals surface area contributed by atoms with Gasteiger partial charge in [-0.1, -0.05) is 6.07 Å². The lowest BCUT2D eigenvalue weighted by molar-refractivity contribution is 0.343. The summed E-state index contributed by atoms with van der Waals surface area (Å²) in [7, 11) is 5.55. The molecule has 0 bridgehead atoms. The highest BCUT2D eigenvalue weighted by molar-refractivity contribution is 5.42. The van der Waals surface area contributed by atoms with Gasteiger partial charge in [0.2, 0.25) is 0 Å². The highest BCUT2D eigenvalue weighted by Gasteiger charge is 2.14. The highest BCUT2D eigenvalue weighted by atomic mass is 16.5. The summed E-state index contributed by atoms with van der Waals surface area (Å²) in [6.07, 6.45) is 3.77. The lowest BCUT2D eigenvalue weighted by Gasteiger charge is -2.17. The van der Waals surface area contributed by atoms with Gasteiger partial charge < -0.3 is 19.7 Å². The van der Waals surface area contributed by atoms with Crippen molar-refractivity contribution in [3.05, 3.63) is 23.8 Å². The van der Waals surface area contributed by atoms with E-state index in [4.69, 9.17) is 9.47 Å². The maximum atomic E-state index is 5.34. The number of nitrogens with one attached hydrogen (secondary N) is 1. The van der Waals surface area contributed by atoms with Crippen LogP contribution in [0.5, 0.6) is 11.5 Å². The number of rotatable bonds is 5. The van der Waals surface area contributed by atoms with Gasteiger partial charge in [0.15, 0.2) is 11.5 Å². The van der Waals surface area contributed by atoms with Gasteiger partial charge >= 0.3 is 0 Å². The number of nitrogens with zero attached hydrogens (tertiary/aromatic N) is 1. The monoisotopic (exact) mass is 278 g/mol. The van der Waals surface area contributed by atoms with Crippen LogP contribution in [0.2, 0.25) is 0 Å². The van der Waals surface area contributed by atoms with Crippen molar-refractivity contribution in [2.24, 2.45) is 0 Å². The molecule has 1 saturated heterocycles. The van der Waals surface area contributed by atoms with E-state index in [1.165, 1.54) is 37.9 Å². The van der Waals surface area contributed by atoms with Crippen molar-refractivity contribution in [1.82, 2.24) is 10.2 Å². The molecule has 2 rings (SSSR count). The molecule has 0 radical (unpaired) electrons. The Morgan fingerprint density at radius 3 is 2.70 bits per heavy atom. The SMILES string of the molecule is COc1ccc(CNC2CCCN(C)CC2)cc1OC. The van der Waals surface area contributed by atoms with Gasteiger partial charge in [0.05, 0.1) is 14.2 Å². The van der Waals surface area contributed by atoms with E-state index in [1.807, 2.05) is 6.07 Å². The van der Waals surface area contributed by atoms with E-state index < -0.39 is 0 Å². The van der Waals surface area contributed by atoms with Crippen molar-refractivity contribution < 1.29 is 9.47 Å². The van der Waals surface area contributed by atoms with Crippen LogP contribution < -0.4 is 14.8 Å². The smallest absolute Gasteiger partial charge is 0.161 e. The highest BCUT2D eigenvalue weighted by Crippen LogP contribution is 2.27. The molecule has 20 heavy (non-hydrogen) atoms. The zero-order chi connectivity index (χ0) is 14.4. The molecule has 4 heteroatoms. The van der Waals surface area contributed by atoms with Crippen molar-refractivity contribution in [2.75, 3.05) is 34.4 Å². The van der Waals surface area contributed by atoms with Crippen LogP contribution in [-0.2, 0) is 6.54 Å². The lowest BCUT2D eigenvalue weighted by atomic mass is 10.1. The van der Waals surface area contributed by atoms with Gasteiger partial charge in [0, 0.05) is 12.6 Å². The minimum absolute atomic E-state index is 0.619. The predicted molar refractivity (Wildman–Crippen MR) is 81.5 cm³/mol. The summed E-state index contributed by atoms with van der Waals surface area (Å²) in [4.78, 5) is 2.41. The van der Waals surface area contributed by atoms with Crippen LogP contribution in [0, 0.1) is 0 Å². The fourth-order valence-electron chi connectivity index (χ4n) is 2.70. The summed E-state index contributed by atoms with van der Waals surface area (Å²) in [6.45, 7) is 3.28. The number of hydrogen-bond donors (Lipinski definition) is 1. The number of ether oxygens (including phenoxy) is 2. The summed E-state index contributed by atoms with van der Waals surface area (Å²) in [5.74, 6) is 1.58. The van der Waals surface area contributed by atoms with E-state index >= 15 is 0 Å². The van der Waals surface area contributed by atoms with Gasteiger partial charge in [-0.3, -0.25) is 0 Å². The largest absolute Gasteiger partial charge is 0.493 e. The second-order valence-corrected chi connectivity index (χ2v) is 5.50. The molecular weight excluding hydrogens is 252 g/mol. The first-order chi connectivity index (χ1) is 9.72. The standard InChI is InChI=1S/C16H26N2O2/c1-18-9-4-5-14(8-10-18)17-12-13-6-7-15(19-2)16(11-13)20-3/h6-7,11,14,17H,4-5,8-10,12H2,1-3H3. The van der Waals surface area contributed by atoms with Crippen LogP contribution in [0.15, 0.2) is 18.2 Å². The van der Waals surface area contributed by atoms with Gasteiger partial charge in [0.1, 0.15) is 0 Å². The maximum absolute atomic E-state index is 5.34. The molecule has 1 atom stereocenters. The average molecular weight is 278 g/mol. The molecule has 1 heterocycles. The van der Waals surface area contributed by atoms with Crippen LogP contribution in [0.3, 0.4) is 0 Å².